The number of hydrogen-bond acceptors (Lipinski definition) is 3. The van der Waals surface area contributed by atoms with E-state index in [0.29, 0.717) is 19.0 Å². The fourth-order valence-electron chi connectivity index (χ4n) is 2.70. The summed E-state index contributed by atoms with van der Waals surface area (Å²) in [6.45, 7) is 1.08. The molecule has 16 heavy (non-hydrogen) atoms. The second-order valence-electron chi connectivity index (χ2n) is 4.95. The zero-order valence-electron chi connectivity index (χ0n) is 9.29. The lowest BCUT2D eigenvalue weighted by Gasteiger charge is -2.43. The van der Waals surface area contributed by atoms with Gasteiger partial charge in [0, 0.05) is 18.5 Å². The third kappa shape index (κ3) is 2.52. The fraction of sp³-hybridized carbons (Fsp3) is 0.818. The van der Waals surface area contributed by atoms with Crippen LogP contribution in [0.15, 0.2) is 0 Å². The van der Waals surface area contributed by atoms with E-state index in [1.807, 2.05) is 0 Å². The molecule has 0 aromatic rings. The summed E-state index contributed by atoms with van der Waals surface area (Å²) in [6, 6.07) is 0. The molecule has 1 aliphatic carbocycles. The first-order valence-electron chi connectivity index (χ1n) is 5.83. The van der Waals surface area contributed by atoms with E-state index in [4.69, 9.17) is 5.11 Å². The molecule has 0 radical (unpaired) electrons. The second-order valence-corrected chi connectivity index (χ2v) is 4.95. The maximum atomic E-state index is 11.0. The van der Waals surface area contributed by atoms with Crippen molar-refractivity contribution in [2.75, 3.05) is 13.1 Å². The quantitative estimate of drug-likeness (QED) is 0.624. The Kier molecular flexibility index (Phi) is 3.14. The highest BCUT2D eigenvalue weighted by Gasteiger charge is 2.38. The summed E-state index contributed by atoms with van der Waals surface area (Å²) in [7, 11) is 0. The molecule has 5 nitrogen and oxygen atoms in total. The summed E-state index contributed by atoms with van der Waals surface area (Å²) in [4.78, 5) is 21.7. The normalized spacial score (nSPS) is 34.8. The highest BCUT2D eigenvalue weighted by atomic mass is 16.4. The van der Waals surface area contributed by atoms with Gasteiger partial charge in [0.25, 0.3) is 0 Å². The van der Waals surface area contributed by atoms with Gasteiger partial charge >= 0.3 is 5.97 Å². The first kappa shape index (κ1) is 11.4. The van der Waals surface area contributed by atoms with Gasteiger partial charge in [-0.2, -0.15) is 0 Å². The van der Waals surface area contributed by atoms with Crippen LogP contribution in [-0.4, -0.2) is 35.6 Å². The number of hydrogen-bond donors (Lipinski definition) is 3. The molecule has 1 spiro atoms. The molecule has 1 saturated heterocycles. The van der Waals surface area contributed by atoms with Crippen molar-refractivity contribution in [3.63, 3.8) is 0 Å². The number of aliphatic carboxylic acids is 1. The molecule has 0 atom stereocenters. The summed E-state index contributed by atoms with van der Waals surface area (Å²) >= 11 is 0. The van der Waals surface area contributed by atoms with Crippen molar-refractivity contribution in [1.82, 2.24) is 10.6 Å². The van der Waals surface area contributed by atoms with E-state index in [1.165, 1.54) is 0 Å². The average molecular weight is 226 g/mol. The lowest BCUT2D eigenvalue weighted by Crippen LogP contribution is -2.62. The number of nitrogens with one attached hydrogen (secondary N) is 2. The van der Waals surface area contributed by atoms with E-state index in [-0.39, 0.29) is 17.9 Å². The molecule has 0 bridgehead atoms. The van der Waals surface area contributed by atoms with Crippen LogP contribution in [-0.2, 0) is 9.59 Å². The third-order valence-corrected chi connectivity index (χ3v) is 3.77. The summed E-state index contributed by atoms with van der Waals surface area (Å²) in [5.74, 6) is -0.341. The van der Waals surface area contributed by atoms with Crippen LogP contribution in [0.3, 0.4) is 0 Å². The van der Waals surface area contributed by atoms with Crippen molar-refractivity contribution < 1.29 is 14.7 Å². The number of piperazine rings is 1. The van der Waals surface area contributed by atoms with Gasteiger partial charge in [0.15, 0.2) is 0 Å². The van der Waals surface area contributed by atoms with Crippen molar-refractivity contribution in [1.29, 1.82) is 0 Å². The van der Waals surface area contributed by atoms with E-state index in [0.717, 1.165) is 25.7 Å². The van der Waals surface area contributed by atoms with Gasteiger partial charge in [0.1, 0.15) is 0 Å². The Morgan fingerprint density at radius 1 is 1.44 bits per heavy atom. The van der Waals surface area contributed by atoms with Gasteiger partial charge in [-0.25, -0.2) is 0 Å². The zero-order valence-corrected chi connectivity index (χ0v) is 9.29. The summed E-state index contributed by atoms with van der Waals surface area (Å²) in [5, 5.41) is 14.9. The van der Waals surface area contributed by atoms with E-state index in [2.05, 4.69) is 10.6 Å². The van der Waals surface area contributed by atoms with Crippen LogP contribution >= 0.6 is 0 Å². The number of amides is 1. The molecule has 2 fully saturated rings. The number of rotatable bonds is 2. The molecule has 0 unspecified atom stereocenters. The first-order valence-corrected chi connectivity index (χ1v) is 5.83. The molecular weight excluding hydrogens is 208 g/mol. The van der Waals surface area contributed by atoms with Crippen molar-refractivity contribution in [3.8, 4) is 0 Å². The number of carboxylic acids is 1. The minimum Gasteiger partial charge on any atom is -0.481 e. The molecule has 1 heterocycles. The topological polar surface area (TPSA) is 78.4 Å². The monoisotopic (exact) mass is 226 g/mol. The van der Waals surface area contributed by atoms with Crippen molar-refractivity contribution in [2.24, 2.45) is 5.92 Å². The molecule has 0 aromatic carbocycles. The van der Waals surface area contributed by atoms with Gasteiger partial charge in [-0.15, -0.1) is 0 Å². The van der Waals surface area contributed by atoms with E-state index < -0.39 is 5.97 Å². The molecule has 1 saturated carbocycles. The van der Waals surface area contributed by atoms with Gasteiger partial charge in [0.05, 0.1) is 6.54 Å². The summed E-state index contributed by atoms with van der Waals surface area (Å²) in [5.41, 5.74) is 0.0307. The molecule has 90 valence electrons. The predicted molar refractivity (Wildman–Crippen MR) is 58.0 cm³/mol. The molecular formula is C11H18N2O3. The average Bonchev–Trinajstić information content (AvgIpc) is 2.26. The highest BCUT2D eigenvalue weighted by Crippen LogP contribution is 2.34. The summed E-state index contributed by atoms with van der Waals surface area (Å²) < 4.78 is 0. The fourth-order valence-corrected chi connectivity index (χ4v) is 2.70. The van der Waals surface area contributed by atoms with Gasteiger partial charge in [-0.1, -0.05) is 0 Å². The van der Waals surface area contributed by atoms with Crippen LogP contribution in [0.2, 0.25) is 0 Å². The molecule has 0 aromatic heterocycles. The Balaban J connectivity index is 1.84. The molecule has 1 aliphatic heterocycles. The van der Waals surface area contributed by atoms with E-state index in [9.17, 15) is 9.59 Å². The summed E-state index contributed by atoms with van der Waals surface area (Å²) in [6.07, 6.45) is 4.09. The van der Waals surface area contributed by atoms with E-state index >= 15 is 0 Å². The number of carbonyl (C=O) groups is 2. The zero-order chi connectivity index (χ0) is 11.6. The van der Waals surface area contributed by atoms with Crippen molar-refractivity contribution >= 4 is 11.9 Å². The third-order valence-electron chi connectivity index (χ3n) is 3.77. The standard InChI is InChI=1S/C11H18N2O3/c14-9-6-13-11(7-12-9)3-1-8(2-4-11)5-10(15)16/h8,13H,1-7H2,(H,12,14)(H,15,16). The van der Waals surface area contributed by atoms with Crippen LogP contribution in [0.4, 0.5) is 0 Å². The van der Waals surface area contributed by atoms with Crippen LogP contribution in [0, 0.1) is 5.92 Å². The predicted octanol–water partition coefficient (Wildman–Crippen LogP) is 0.110. The Morgan fingerprint density at radius 2 is 2.12 bits per heavy atom. The number of carboxylic acid groups (broad SMARTS) is 1. The van der Waals surface area contributed by atoms with Gasteiger partial charge in [-0.3, -0.25) is 9.59 Å². The van der Waals surface area contributed by atoms with Crippen LogP contribution in [0.1, 0.15) is 32.1 Å². The Hall–Kier alpha value is -1.10. The highest BCUT2D eigenvalue weighted by molar-refractivity contribution is 5.79. The molecule has 2 aliphatic rings. The second kappa shape index (κ2) is 4.41. The van der Waals surface area contributed by atoms with Crippen molar-refractivity contribution in [2.45, 2.75) is 37.6 Å². The molecule has 1 amide bonds. The largest absolute Gasteiger partial charge is 0.481 e. The lowest BCUT2D eigenvalue weighted by atomic mass is 9.74. The van der Waals surface area contributed by atoms with Gasteiger partial charge < -0.3 is 15.7 Å². The Labute approximate surface area is 94.6 Å². The molecule has 3 N–H and O–H groups in total. The number of carbonyl (C=O) groups excluding carboxylic acids is 1. The minimum atomic E-state index is -0.703. The van der Waals surface area contributed by atoms with Gasteiger partial charge in [-0.05, 0) is 31.6 Å². The van der Waals surface area contributed by atoms with Crippen LogP contribution in [0.25, 0.3) is 0 Å². The van der Waals surface area contributed by atoms with Crippen LogP contribution in [0.5, 0.6) is 0 Å². The van der Waals surface area contributed by atoms with Crippen LogP contribution < -0.4 is 10.6 Å². The molecule has 5 heteroatoms. The lowest BCUT2D eigenvalue weighted by molar-refractivity contribution is -0.138. The minimum absolute atomic E-state index is 0.0307. The van der Waals surface area contributed by atoms with E-state index in [1.54, 1.807) is 0 Å². The maximum absolute atomic E-state index is 11.0. The molecule has 2 rings (SSSR count). The Bertz CT molecular complexity index is 284. The smallest absolute Gasteiger partial charge is 0.303 e. The Morgan fingerprint density at radius 3 is 2.62 bits per heavy atom. The first-order chi connectivity index (χ1) is 7.60. The van der Waals surface area contributed by atoms with Gasteiger partial charge in [0.2, 0.25) is 5.91 Å². The SMILES string of the molecule is O=C(O)CC1CCC2(CC1)CNC(=O)CN2. The van der Waals surface area contributed by atoms with Crippen molar-refractivity contribution in [3.05, 3.63) is 0 Å². The maximum Gasteiger partial charge on any atom is 0.303 e.